The minimum atomic E-state index is -0.431. The molecule has 1 aliphatic heterocycles. The van der Waals surface area contributed by atoms with E-state index in [1.807, 2.05) is 23.0 Å². The third-order valence-corrected chi connectivity index (χ3v) is 4.89. The van der Waals surface area contributed by atoms with Crippen LogP contribution in [0.4, 0.5) is 0 Å². The lowest BCUT2D eigenvalue weighted by Crippen LogP contribution is -2.33. The zero-order chi connectivity index (χ0) is 18.4. The minimum Gasteiger partial charge on any atom is -0.476 e. The summed E-state index contributed by atoms with van der Waals surface area (Å²) in [5, 5.41) is 22.3. The summed E-state index contributed by atoms with van der Waals surface area (Å²) in [6, 6.07) is 12.2. The monoisotopic (exact) mass is 354 g/mol. The average molecular weight is 354 g/mol. The summed E-state index contributed by atoms with van der Waals surface area (Å²) in [6.45, 7) is 5.47. The van der Waals surface area contributed by atoms with Gasteiger partial charge in [0.2, 0.25) is 0 Å². The Morgan fingerprint density at radius 1 is 1.27 bits per heavy atom. The van der Waals surface area contributed by atoms with Crippen molar-refractivity contribution in [1.82, 2.24) is 14.7 Å². The summed E-state index contributed by atoms with van der Waals surface area (Å²) >= 11 is 0. The summed E-state index contributed by atoms with van der Waals surface area (Å²) in [5.41, 5.74) is 2.50. The predicted octanol–water partition coefficient (Wildman–Crippen LogP) is 2.55. The molecular formula is C20H26N4O2. The van der Waals surface area contributed by atoms with E-state index < -0.39 is 6.10 Å². The van der Waals surface area contributed by atoms with E-state index in [-0.39, 0.29) is 6.61 Å². The van der Waals surface area contributed by atoms with Gasteiger partial charge < -0.3 is 9.84 Å². The highest BCUT2D eigenvalue weighted by atomic mass is 16.5. The third-order valence-electron chi connectivity index (χ3n) is 4.89. The van der Waals surface area contributed by atoms with Gasteiger partial charge in [-0.3, -0.25) is 9.58 Å². The van der Waals surface area contributed by atoms with Gasteiger partial charge in [-0.05, 0) is 56.6 Å². The van der Waals surface area contributed by atoms with E-state index in [0.29, 0.717) is 12.5 Å². The molecule has 2 heterocycles. The van der Waals surface area contributed by atoms with Crippen LogP contribution in [0.2, 0.25) is 0 Å². The van der Waals surface area contributed by atoms with Crippen molar-refractivity contribution in [1.29, 1.82) is 5.26 Å². The fraction of sp³-hybridized carbons (Fsp3) is 0.500. The molecule has 6 heteroatoms. The Kier molecular flexibility index (Phi) is 6.26. The van der Waals surface area contributed by atoms with Gasteiger partial charge in [-0.1, -0.05) is 12.1 Å². The number of aliphatic hydroxyl groups is 1. The fourth-order valence-electron chi connectivity index (χ4n) is 3.52. The second kappa shape index (κ2) is 8.84. The molecule has 1 N–H and O–H groups in total. The molecule has 138 valence electrons. The van der Waals surface area contributed by atoms with Gasteiger partial charge in [0.15, 0.2) is 6.10 Å². The SMILES string of the molecule is CC(C#N)Oc1ccc(CN2CCC(c3ccnn3CCO)CC2)cc1. The van der Waals surface area contributed by atoms with Crippen LogP contribution in [-0.4, -0.2) is 45.6 Å². The fourth-order valence-corrected chi connectivity index (χ4v) is 3.52. The lowest BCUT2D eigenvalue weighted by Gasteiger charge is -2.32. The van der Waals surface area contributed by atoms with Gasteiger partial charge in [0.25, 0.3) is 0 Å². The van der Waals surface area contributed by atoms with Crippen LogP contribution in [0.15, 0.2) is 36.5 Å². The Bertz CT molecular complexity index is 727. The number of benzene rings is 1. The molecule has 1 unspecified atom stereocenters. The van der Waals surface area contributed by atoms with Gasteiger partial charge in [-0.2, -0.15) is 10.4 Å². The zero-order valence-corrected chi connectivity index (χ0v) is 15.2. The van der Waals surface area contributed by atoms with Gasteiger partial charge in [0.1, 0.15) is 11.8 Å². The van der Waals surface area contributed by atoms with Gasteiger partial charge in [0, 0.05) is 24.4 Å². The van der Waals surface area contributed by atoms with Crippen LogP contribution in [0.5, 0.6) is 5.75 Å². The van der Waals surface area contributed by atoms with Crippen LogP contribution in [0, 0.1) is 11.3 Å². The maximum atomic E-state index is 9.15. The van der Waals surface area contributed by atoms with Gasteiger partial charge in [0.05, 0.1) is 13.2 Å². The van der Waals surface area contributed by atoms with Crippen molar-refractivity contribution in [3.63, 3.8) is 0 Å². The average Bonchev–Trinajstić information content (AvgIpc) is 3.12. The number of aromatic nitrogens is 2. The highest BCUT2D eigenvalue weighted by molar-refractivity contribution is 5.28. The van der Waals surface area contributed by atoms with E-state index in [1.165, 1.54) is 11.3 Å². The summed E-state index contributed by atoms with van der Waals surface area (Å²) in [7, 11) is 0. The number of nitriles is 1. The Labute approximate surface area is 154 Å². The molecule has 1 aliphatic rings. The molecule has 2 aromatic rings. The minimum absolute atomic E-state index is 0.125. The van der Waals surface area contributed by atoms with Crippen LogP contribution >= 0.6 is 0 Å². The van der Waals surface area contributed by atoms with Gasteiger partial charge in [-0.25, -0.2) is 0 Å². The first-order valence-electron chi connectivity index (χ1n) is 9.19. The molecule has 0 amide bonds. The molecule has 0 spiro atoms. The second-order valence-corrected chi connectivity index (χ2v) is 6.79. The highest BCUT2D eigenvalue weighted by Gasteiger charge is 2.23. The number of piperidine rings is 1. The van der Waals surface area contributed by atoms with Crippen molar-refractivity contribution in [2.24, 2.45) is 0 Å². The summed E-state index contributed by atoms with van der Waals surface area (Å²) in [6.07, 6.45) is 3.61. The molecule has 1 saturated heterocycles. The topological polar surface area (TPSA) is 74.3 Å². The first-order chi connectivity index (χ1) is 12.7. The van der Waals surface area contributed by atoms with Gasteiger partial charge >= 0.3 is 0 Å². The van der Waals surface area contributed by atoms with Crippen LogP contribution in [0.25, 0.3) is 0 Å². The molecular weight excluding hydrogens is 328 g/mol. The number of nitrogens with zero attached hydrogens (tertiary/aromatic N) is 4. The molecule has 1 fully saturated rings. The Morgan fingerprint density at radius 2 is 2.00 bits per heavy atom. The summed E-state index contributed by atoms with van der Waals surface area (Å²) in [4.78, 5) is 2.47. The Hall–Kier alpha value is -2.36. The van der Waals surface area contributed by atoms with Crippen molar-refractivity contribution < 1.29 is 9.84 Å². The maximum absolute atomic E-state index is 9.15. The lowest BCUT2D eigenvalue weighted by molar-refractivity contribution is 0.198. The third kappa shape index (κ3) is 4.63. The van der Waals surface area contributed by atoms with Crippen molar-refractivity contribution >= 4 is 0 Å². The van der Waals surface area contributed by atoms with E-state index in [9.17, 15) is 0 Å². The molecule has 6 nitrogen and oxygen atoms in total. The summed E-state index contributed by atoms with van der Waals surface area (Å²) in [5.74, 6) is 1.25. The standard InChI is InChI=1S/C20H26N4O2/c1-16(14-21)26-19-4-2-17(3-5-19)15-23-10-7-18(8-11-23)20-6-9-22-24(20)12-13-25/h2-6,9,16,18,25H,7-8,10-13,15H2,1H3. The zero-order valence-electron chi connectivity index (χ0n) is 15.2. The number of aliphatic hydroxyl groups excluding tert-OH is 1. The Balaban J connectivity index is 1.51. The normalized spacial score (nSPS) is 17.0. The van der Waals surface area contributed by atoms with Crippen LogP contribution < -0.4 is 4.74 Å². The summed E-state index contributed by atoms with van der Waals surface area (Å²) < 4.78 is 7.43. The quantitative estimate of drug-likeness (QED) is 0.827. The largest absolute Gasteiger partial charge is 0.476 e. The number of hydrogen-bond donors (Lipinski definition) is 1. The molecule has 3 rings (SSSR count). The molecule has 0 aliphatic carbocycles. The predicted molar refractivity (Wildman–Crippen MR) is 98.7 cm³/mol. The molecule has 0 saturated carbocycles. The first kappa shape index (κ1) is 18.4. The number of likely N-dealkylation sites (tertiary alicyclic amines) is 1. The first-order valence-corrected chi connectivity index (χ1v) is 9.19. The highest BCUT2D eigenvalue weighted by Crippen LogP contribution is 2.28. The van der Waals surface area contributed by atoms with E-state index in [1.54, 1.807) is 6.92 Å². The van der Waals surface area contributed by atoms with Crippen molar-refractivity contribution in [3.8, 4) is 11.8 Å². The van der Waals surface area contributed by atoms with Crippen LogP contribution in [0.1, 0.15) is 36.9 Å². The Morgan fingerprint density at radius 3 is 2.65 bits per heavy atom. The van der Waals surface area contributed by atoms with Crippen LogP contribution in [0.3, 0.4) is 0 Å². The number of rotatable bonds is 7. The lowest BCUT2D eigenvalue weighted by atomic mass is 9.93. The molecule has 1 aromatic heterocycles. The van der Waals surface area contributed by atoms with Crippen LogP contribution in [-0.2, 0) is 13.1 Å². The van der Waals surface area contributed by atoms with Gasteiger partial charge in [-0.15, -0.1) is 0 Å². The van der Waals surface area contributed by atoms with E-state index >= 15 is 0 Å². The van der Waals surface area contributed by atoms with E-state index in [2.05, 4.69) is 34.3 Å². The maximum Gasteiger partial charge on any atom is 0.181 e. The second-order valence-electron chi connectivity index (χ2n) is 6.79. The van der Waals surface area contributed by atoms with E-state index in [0.717, 1.165) is 38.2 Å². The smallest absolute Gasteiger partial charge is 0.181 e. The molecule has 0 bridgehead atoms. The molecule has 1 aromatic carbocycles. The van der Waals surface area contributed by atoms with E-state index in [4.69, 9.17) is 15.1 Å². The van der Waals surface area contributed by atoms with Crippen molar-refractivity contribution in [3.05, 3.63) is 47.8 Å². The molecule has 1 atom stereocenters. The molecule has 0 radical (unpaired) electrons. The number of ether oxygens (including phenoxy) is 1. The van der Waals surface area contributed by atoms with Crippen molar-refractivity contribution in [2.75, 3.05) is 19.7 Å². The number of hydrogen-bond acceptors (Lipinski definition) is 5. The van der Waals surface area contributed by atoms with Crippen molar-refractivity contribution in [2.45, 2.75) is 44.9 Å². The molecule has 26 heavy (non-hydrogen) atoms.